The van der Waals surface area contributed by atoms with Crippen LogP contribution < -0.4 is 14.2 Å². The van der Waals surface area contributed by atoms with Gasteiger partial charge in [-0.3, -0.25) is 0 Å². The van der Waals surface area contributed by atoms with Crippen LogP contribution in [0.15, 0.2) is 47.4 Å². The van der Waals surface area contributed by atoms with E-state index in [0.29, 0.717) is 5.75 Å². The summed E-state index contributed by atoms with van der Waals surface area (Å²) >= 11 is 0. The molecule has 1 atom stereocenters. The van der Waals surface area contributed by atoms with Gasteiger partial charge in [-0.05, 0) is 56.2 Å². The van der Waals surface area contributed by atoms with E-state index in [-0.39, 0.29) is 11.4 Å². The fraction of sp³-hybridized carbons (Fsp3) is 0.333. The van der Waals surface area contributed by atoms with Crippen LogP contribution in [0.25, 0.3) is 0 Å². The molecule has 9 heteroatoms. The Morgan fingerprint density at radius 1 is 1.04 bits per heavy atom. The predicted octanol–water partition coefficient (Wildman–Crippen LogP) is 3.95. The number of halogens is 3. The lowest BCUT2D eigenvalue weighted by molar-refractivity contribution is -0.274. The van der Waals surface area contributed by atoms with Gasteiger partial charge >= 0.3 is 6.36 Å². The number of alkyl halides is 3. The first kappa shape index (κ1) is 21.0. The number of hydrogen-bond donors (Lipinski definition) is 1. The Morgan fingerprint density at radius 2 is 1.59 bits per heavy atom. The Balaban J connectivity index is 1.99. The number of rotatable bonds is 7. The van der Waals surface area contributed by atoms with Crippen LogP contribution in [0.3, 0.4) is 0 Å². The van der Waals surface area contributed by atoms with E-state index >= 15 is 0 Å². The first-order valence-electron chi connectivity index (χ1n) is 8.06. The average Bonchev–Trinajstić information content (AvgIpc) is 2.56. The zero-order valence-electron chi connectivity index (χ0n) is 15.0. The zero-order valence-corrected chi connectivity index (χ0v) is 15.8. The molecule has 2 aromatic carbocycles. The summed E-state index contributed by atoms with van der Waals surface area (Å²) in [5, 5.41) is 0. The standard InChI is InChI=1S/C18H20F3NO4S/c1-12-5-4-6-13(2)17(12)25-14(3)11-22-27(23,24)16-9-7-15(8-10-16)26-18(19,20)21/h4-10,14,22H,11H2,1-3H3. The molecule has 0 fully saturated rings. The number of para-hydroxylation sites is 1. The highest BCUT2D eigenvalue weighted by Crippen LogP contribution is 2.25. The van der Waals surface area contributed by atoms with Crippen LogP contribution >= 0.6 is 0 Å². The fourth-order valence-corrected chi connectivity index (χ4v) is 3.47. The maximum atomic E-state index is 12.3. The lowest BCUT2D eigenvalue weighted by Crippen LogP contribution is -2.33. The molecule has 5 nitrogen and oxygen atoms in total. The van der Waals surface area contributed by atoms with E-state index in [0.717, 1.165) is 35.4 Å². The summed E-state index contributed by atoms with van der Waals surface area (Å²) in [5.74, 6) is 0.200. The molecule has 1 N–H and O–H groups in total. The minimum Gasteiger partial charge on any atom is -0.489 e. The van der Waals surface area contributed by atoms with Crippen molar-refractivity contribution in [2.45, 2.75) is 38.1 Å². The normalized spacial score (nSPS) is 13.3. The lowest BCUT2D eigenvalue weighted by Gasteiger charge is -2.19. The number of hydrogen-bond acceptors (Lipinski definition) is 4. The van der Waals surface area contributed by atoms with E-state index in [1.54, 1.807) is 6.92 Å². The summed E-state index contributed by atoms with van der Waals surface area (Å²) in [7, 11) is -3.90. The van der Waals surface area contributed by atoms with Gasteiger partial charge in [0.1, 0.15) is 17.6 Å². The lowest BCUT2D eigenvalue weighted by atomic mass is 10.1. The third-order valence-electron chi connectivity index (χ3n) is 3.66. The summed E-state index contributed by atoms with van der Waals surface area (Å²) < 4.78 is 73.0. The molecule has 0 aliphatic carbocycles. The molecule has 0 aliphatic heterocycles. The Bertz CT molecular complexity index is 860. The van der Waals surface area contributed by atoms with Crippen molar-refractivity contribution in [3.05, 3.63) is 53.6 Å². The molecule has 0 radical (unpaired) electrons. The first-order valence-corrected chi connectivity index (χ1v) is 9.54. The predicted molar refractivity (Wildman–Crippen MR) is 94.3 cm³/mol. The topological polar surface area (TPSA) is 64.6 Å². The van der Waals surface area contributed by atoms with Crippen molar-refractivity contribution in [1.82, 2.24) is 4.72 Å². The number of ether oxygens (including phenoxy) is 2. The van der Waals surface area contributed by atoms with Crippen molar-refractivity contribution < 1.29 is 31.1 Å². The van der Waals surface area contributed by atoms with Gasteiger partial charge in [-0.1, -0.05) is 18.2 Å². The molecule has 2 rings (SSSR count). The third-order valence-corrected chi connectivity index (χ3v) is 5.10. The van der Waals surface area contributed by atoms with Gasteiger partial charge in [0, 0.05) is 6.54 Å². The Morgan fingerprint density at radius 3 is 2.11 bits per heavy atom. The van der Waals surface area contributed by atoms with Crippen molar-refractivity contribution in [2.24, 2.45) is 0 Å². The quantitative estimate of drug-likeness (QED) is 0.760. The van der Waals surface area contributed by atoms with E-state index in [1.165, 1.54) is 0 Å². The molecule has 0 saturated heterocycles. The van der Waals surface area contributed by atoms with Crippen LogP contribution in [-0.2, 0) is 10.0 Å². The summed E-state index contributed by atoms with van der Waals surface area (Å²) in [6, 6.07) is 9.66. The second-order valence-corrected chi connectivity index (χ2v) is 7.79. The van der Waals surface area contributed by atoms with E-state index in [2.05, 4.69) is 9.46 Å². The molecule has 1 unspecified atom stereocenters. The van der Waals surface area contributed by atoms with Gasteiger partial charge in [-0.15, -0.1) is 13.2 Å². The maximum Gasteiger partial charge on any atom is 0.573 e. The SMILES string of the molecule is Cc1cccc(C)c1OC(C)CNS(=O)(=O)c1ccc(OC(F)(F)F)cc1. The zero-order chi connectivity index (χ0) is 20.2. The highest BCUT2D eigenvalue weighted by molar-refractivity contribution is 7.89. The van der Waals surface area contributed by atoms with Crippen molar-refractivity contribution in [3.8, 4) is 11.5 Å². The summed E-state index contributed by atoms with van der Waals surface area (Å²) in [5.41, 5.74) is 1.87. The van der Waals surface area contributed by atoms with E-state index in [4.69, 9.17) is 4.74 Å². The average molecular weight is 403 g/mol. The van der Waals surface area contributed by atoms with Gasteiger partial charge in [-0.25, -0.2) is 13.1 Å². The van der Waals surface area contributed by atoms with Crippen molar-refractivity contribution in [1.29, 1.82) is 0 Å². The number of nitrogens with one attached hydrogen (secondary N) is 1. The molecular weight excluding hydrogens is 383 g/mol. The van der Waals surface area contributed by atoms with E-state index < -0.39 is 28.2 Å². The van der Waals surface area contributed by atoms with Crippen molar-refractivity contribution in [3.63, 3.8) is 0 Å². The van der Waals surface area contributed by atoms with Gasteiger partial charge in [0.15, 0.2) is 0 Å². The molecule has 0 heterocycles. The minimum atomic E-state index is -4.83. The van der Waals surface area contributed by atoms with Crippen LogP contribution in [0, 0.1) is 13.8 Å². The van der Waals surface area contributed by atoms with Crippen LogP contribution in [0.2, 0.25) is 0 Å². The van der Waals surface area contributed by atoms with Gasteiger partial charge < -0.3 is 9.47 Å². The highest BCUT2D eigenvalue weighted by atomic mass is 32.2. The number of benzene rings is 2. The molecule has 0 saturated carbocycles. The summed E-state index contributed by atoms with van der Waals surface area (Å²) in [4.78, 5) is -0.170. The van der Waals surface area contributed by atoms with Crippen LogP contribution in [-0.4, -0.2) is 27.4 Å². The molecule has 0 amide bonds. The number of aryl methyl sites for hydroxylation is 2. The highest BCUT2D eigenvalue weighted by Gasteiger charge is 2.31. The minimum absolute atomic E-state index is 0.00307. The van der Waals surface area contributed by atoms with Crippen molar-refractivity contribution >= 4 is 10.0 Å². The molecule has 2 aromatic rings. The molecule has 0 aliphatic rings. The first-order chi connectivity index (χ1) is 12.5. The number of sulfonamides is 1. The van der Waals surface area contributed by atoms with Gasteiger partial charge in [0.2, 0.25) is 10.0 Å². The summed E-state index contributed by atoms with van der Waals surface area (Å²) in [6.45, 7) is 5.50. The molecule has 27 heavy (non-hydrogen) atoms. The van der Waals surface area contributed by atoms with E-state index in [9.17, 15) is 21.6 Å². The fourth-order valence-electron chi connectivity index (χ4n) is 2.36. The van der Waals surface area contributed by atoms with Crippen LogP contribution in [0.1, 0.15) is 18.1 Å². The molecule has 0 aromatic heterocycles. The monoisotopic (exact) mass is 403 g/mol. The second-order valence-electron chi connectivity index (χ2n) is 6.02. The molecule has 148 valence electrons. The smallest absolute Gasteiger partial charge is 0.489 e. The third kappa shape index (κ3) is 6.14. The van der Waals surface area contributed by atoms with Gasteiger partial charge in [0.25, 0.3) is 0 Å². The van der Waals surface area contributed by atoms with Crippen molar-refractivity contribution in [2.75, 3.05) is 6.54 Å². The molecule has 0 bridgehead atoms. The summed E-state index contributed by atoms with van der Waals surface area (Å²) in [6.07, 6.45) is -5.29. The molecule has 0 spiro atoms. The van der Waals surface area contributed by atoms with Crippen LogP contribution in [0.4, 0.5) is 13.2 Å². The van der Waals surface area contributed by atoms with Gasteiger partial charge in [0.05, 0.1) is 4.90 Å². The maximum absolute atomic E-state index is 12.3. The Labute approximate surface area is 156 Å². The molecular formula is C18H20F3NO4S. The second kappa shape index (κ2) is 8.18. The van der Waals surface area contributed by atoms with E-state index in [1.807, 2.05) is 32.0 Å². The largest absolute Gasteiger partial charge is 0.573 e. The van der Waals surface area contributed by atoms with Crippen LogP contribution in [0.5, 0.6) is 11.5 Å². The van der Waals surface area contributed by atoms with Gasteiger partial charge in [-0.2, -0.15) is 0 Å². The Kier molecular flexibility index (Phi) is 6.38. The Hall–Kier alpha value is -2.26.